The van der Waals surface area contributed by atoms with Crippen molar-refractivity contribution < 1.29 is 9.13 Å². The highest BCUT2D eigenvalue weighted by Gasteiger charge is 1.94. The normalized spacial score (nSPS) is 9.42. The van der Waals surface area contributed by atoms with Crippen molar-refractivity contribution in [3.8, 4) is 5.75 Å². The number of rotatable bonds is 4. The largest absolute Gasteiger partial charge is 0.493 e. The molecule has 0 atom stereocenters. The third-order valence-corrected chi connectivity index (χ3v) is 1.33. The second-order valence-corrected chi connectivity index (χ2v) is 2.30. The zero-order chi connectivity index (χ0) is 8.81. The van der Waals surface area contributed by atoms with Crippen LogP contribution in [0.15, 0.2) is 30.9 Å². The first-order valence-electron chi connectivity index (χ1n) is 3.74. The topological polar surface area (TPSA) is 9.23 Å². The van der Waals surface area contributed by atoms with E-state index in [0.29, 0.717) is 12.4 Å². The molecule has 0 bridgehead atoms. The van der Waals surface area contributed by atoms with Crippen LogP contribution < -0.4 is 4.74 Å². The maximum absolute atomic E-state index is 12.5. The Morgan fingerprint density at radius 2 is 2.50 bits per heavy atom. The Morgan fingerprint density at radius 3 is 3.17 bits per heavy atom. The molecule has 0 aliphatic carbocycles. The molecule has 12 heavy (non-hydrogen) atoms. The first-order chi connectivity index (χ1) is 5.83. The quantitative estimate of drug-likeness (QED) is 0.492. The average molecular weight is 165 g/mol. The minimum atomic E-state index is -0.397. The van der Waals surface area contributed by atoms with Crippen LogP contribution in [0.5, 0.6) is 5.75 Å². The van der Waals surface area contributed by atoms with Crippen LogP contribution in [0.2, 0.25) is 0 Å². The van der Waals surface area contributed by atoms with Gasteiger partial charge < -0.3 is 4.74 Å². The molecule has 0 N–H and O–H groups in total. The highest BCUT2D eigenvalue weighted by atomic mass is 19.1. The van der Waals surface area contributed by atoms with E-state index in [4.69, 9.17) is 4.74 Å². The van der Waals surface area contributed by atoms with Crippen LogP contribution in [-0.2, 0) is 0 Å². The number of halogens is 1. The molecule has 1 nitrogen and oxygen atoms in total. The Kier molecular flexibility index (Phi) is 3.33. The highest BCUT2D eigenvalue weighted by Crippen LogP contribution is 2.11. The van der Waals surface area contributed by atoms with Gasteiger partial charge in [0.2, 0.25) is 0 Å². The molecule has 0 aromatic heterocycles. The van der Waals surface area contributed by atoms with Gasteiger partial charge in [0.25, 0.3) is 0 Å². The second-order valence-electron chi connectivity index (χ2n) is 2.30. The zero-order valence-electron chi connectivity index (χ0n) is 6.72. The summed E-state index contributed by atoms with van der Waals surface area (Å²) in [6.45, 7) is 4.08. The van der Waals surface area contributed by atoms with Gasteiger partial charge in [-0.2, -0.15) is 0 Å². The van der Waals surface area contributed by atoms with Gasteiger partial charge in [0.1, 0.15) is 11.6 Å². The van der Waals surface area contributed by atoms with E-state index in [-0.39, 0.29) is 0 Å². The Bertz CT molecular complexity index is 258. The molecule has 0 saturated carbocycles. The average Bonchev–Trinajstić information content (AvgIpc) is 2.05. The van der Waals surface area contributed by atoms with E-state index in [9.17, 15) is 4.39 Å². The Hall–Kier alpha value is -1.31. The van der Waals surface area contributed by atoms with E-state index < -0.39 is 5.82 Å². The first-order valence-corrected chi connectivity index (χ1v) is 3.74. The fourth-order valence-electron chi connectivity index (χ4n) is 0.768. The zero-order valence-corrected chi connectivity index (χ0v) is 6.72. The molecule has 1 aromatic rings. The minimum Gasteiger partial charge on any atom is -0.493 e. The summed E-state index contributed by atoms with van der Waals surface area (Å²) >= 11 is 0. The van der Waals surface area contributed by atoms with Crippen LogP contribution in [0.25, 0.3) is 0 Å². The van der Waals surface area contributed by atoms with Gasteiger partial charge in [0, 0.05) is 12.1 Å². The summed E-state index contributed by atoms with van der Waals surface area (Å²) < 4.78 is 17.7. The predicted octanol–water partition coefficient (Wildman–Crippen LogP) is 2.58. The Balaban J connectivity index is 2.46. The molecule has 0 amide bonds. The van der Waals surface area contributed by atoms with Crippen molar-refractivity contribution in [1.82, 2.24) is 0 Å². The fraction of sp³-hybridized carbons (Fsp3) is 0.200. The van der Waals surface area contributed by atoms with Gasteiger partial charge in [-0.1, -0.05) is 6.08 Å². The van der Waals surface area contributed by atoms with Gasteiger partial charge in [0.15, 0.2) is 0 Å². The number of benzene rings is 1. The molecule has 63 valence electrons. The molecule has 1 aromatic carbocycles. The number of hydrogen-bond acceptors (Lipinski definition) is 1. The molecule has 0 fully saturated rings. The lowest BCUT2D eigenvalue weighted by atomic mass is 10.3. The van der Waals surface area contributed by atoms with Crippen LogP contribution in [0.4, 0.5) is 4.39 Å². The van der Waals surface area contributed by atoms with Crippen molar-refractivity contribution in [1.29, 1.82) is 0 Å². The lowest BCUT2D eigenvalue weighted by Crippen LogP contribution is -1.95. The number of ether oxygens (including phenoxy) is 1. The van der Waals surface area contributed by atoms with Gasteiger partial charge in [-0.05, 0) is 18.6 Å². The molecule has 1 rings (SSSR count). The summed E-state index contributed by atoms with van der Waals surface area (Å²) in [6.07, 6.45) is 2.52. The third kappa shape index (κ3) is 2.74. The van der Waals surface area contributed by atoms with E-state index in [2.05, 4.69) is 12.6 Å². The molecule has 0 spiro atoms. The summed E-state index contributed by atoms with van der Waals surface area (Å²) in [5.74, 6) is 0.138. The minimum absolute atomic E-state index is 0.397. The summed E-state index contributed by atoms with van der Waals surface area (Å²) in [5.41, 5.74) is 0. The third-order valence-electron chi connectivity index (χ3n) is 1.33. The van der Waals surface area contributed by atoms with Gasteiger partial charge >= 0.3 is 0 Å². The van der Waals surface area contributed by atoms with Crippen molar-refractivity contribution in [2.24, 2.45) is 0 Å². The summed E-state index contributed by atoms with van der Waals surface area (Å²) in [5, 5.41) is 0. The van der Waals surface area contributed by atoms with Gasteiger partial charge in [0.05, 0.1) is 6.61 Å². The van der Waals surface area contributed by atoms with Crippen molar-refractivity contribution >= 4 is 0 Å². The molecule has 0 aliphatic rings. The maximum Gasteiger partial charge on any atom is 0.134 e. The molecular formula is C10H10FO. The molecule has 0 saturated heterocycles. The van der Waals surface area contributed by atoms with E-state index in [1.807, 2.05) is 0 Å². The smallest absolute Gasteiger partial charge is 0.134 e. The molecule has 2 heteroatoms. The van der Waals surface area contributed by atoms with E-state index in [1.54, 1.807) is 12.1 Å². The van der Waals surface area contributed by atoms with Crippen molar-refractivity contribution in [3.05, 3.63) is 42.7 Å². The molecular weight excluding hydrogens is 155 g/mol. The van der Waals surface area contributed by atoms with Crippen LogP contribution >= 0.6 is 0 Å². The van der Waals surface area contributed by atoms with Crippen LogP contribution in [0.3, 0.4) is 0 Å². The van der Waals surface area contributed by atoms with Gasteiger partial charge in [-0.3, -0.25) is 0 Å². The SMILES string of the molecule is C=CCCOc1cc[c]c(F)c1. The predicted molar refractivity (Wildman–Crippen MR) is 45.5 cm³/mol. The molecule has 0 heterocycles. The van der Waals surface area contributed by atoms with Crippen LogP contribution in [-0.4, -0.2) is 6.61 Å². The maximum atomic E-state index is 12.5. The van der Waals surface area contributed by atoms with Crippen molar-refractivity contribution in [2.75, 3.05) is 6.61 Å². The molecule has 1 radical (unpaired) electrons. The van der Waals surface area contributed by atoms with E-state index in [1.165, 1.54) is 12.1 Å². The van der Waals surface area contributed by atoms with E-state index >= 15 is 0 Å². The van der Waals surface area contributed by atoms with Crippen molar-refractivity contribution in [2.45, 2.75) is 6.42 Å². The summed E-state index contributed by atoms with van der Waals surface area (Å²) in [4.78, 5) is 0. The lowest BCUT2D eigenvalue weighted by Gasteiger charge is -2.02. The number of hydrogen-bond donors (Lipinski definition) is 0. The highest BCUT2D eigenvalue weighted by molar-refractivity contribution is 5.21. The molecule has 0 aliphatic heterocycles. The van der Waals surface area contributed by atoms with Crippen molar-refractivity contribution in [3.63, 3.8) is 0 Å². The first kappa shape index (κ1) is 8.78. The summed E-state index contributed by atoms with van der Waals surface area (Å²) in [7, 11) is 0. The van der Waals surface area contributed by atoms with Gasteiger partial charge in [-0.25, -0.2) is 4.39 Å². The standard InChI is InChI=1S/C10H10FO/c1-2-3-7-12-10-6-4-5-9(11)8-10/h2,4,6,8H,1,3,7H2. The lowest BCUT2D eigenvalue weighted by molar-refractivity contribution is 0.323. The second kappa shape index (κ2) is 4.54. The molecule has 0 unspecified atom stereocenters. The monoisotopic (exact) mass is 165 g/mol. The Morgan fingerprint density at radius 1 is 1.67 bits per heavy atom. The fourth-order valence-corrected chi connectivity index (χ4v) is 0.768. The van der Waals surface area contributed by atoms with Crippen LogP contribution in [0, 0.1) is 11.9 Å². The van der Waals surface area contributed by atoms with Crippen LogP contribution in [0.1, 0.15) is 6.42 Å². The summed E-state index contributed by atoms with van der Waals surface area (Å²) in [6, 6.07) is 6.88. The Labute approximate surface area is 71.5 Å². The van der Waals surface area contributed by atoms with E-state index in [0.717, 1.165) is 6.42 Å². The van der Waals surface area contributed by atoms with Gasteiger partial charge in [-0.15, -0.1) is 6.58 Å².